The van der Waals surface area contributed by atoms with Crippen LogP contribution in [-0.4, -0.2) is 77.9 Å². The Labute approximate surface area is 223 Å². The summed E-state index contributed by atoms with van der Waals surface area (Å²) in [5, 5.41) is 12.6. The minimum absolute atomic E-state index is 0.0301. The molecule has 0 aromatic heterocycles. The molecule has 4 aliphatic rings. The average Bonchev–Trinajstić information content (AvgIpc) is 3.50. The van der Waals surface area contributed by atoms with Gasteiger partial charge in [-0.15, -0.1) is 0 Å². The van der Waals surface area contributed by atoms with Gasteiger partial charge < -0.3 is 14.8 Å². The standard InChI is InChI=1S/C29H37FN4O4/c1-29(2,3)38-28(36)34-23-7-6-21(14-23)26(34)27(35)32-22(16-31)12-20-5-4-18(15-25(20)30)19-8-9-33-10-11-37-17-24(33)13-19/h4-5,8,15,21-24,26H,6-7,9-14,17H2,1-3H3,(H,32,35)/t21-,22-,23+,24?,26-/m0/s1. The van der Waals surface area contributed by atoms with Crippen molar-refractivity contribution in [1.29, 1.82) is 5.26 Å². The van der Waals surface area contributed by atoms with E-state index in [2.05, 4.69) is 22.4 Å². The van der Waals surface area contributed by atoms with Crippen LogP contribution in [0.1, 0.15) is 57.6 Å². The lowest BCUT2D eigenvalue weighted by atomic mass is 9.92. The number of likely N-dealkylation sites (tertiary alicyclic amines) is 1. The quantitative estimate of drug-likeness (QED) is 0.632. The van der Waals surface area contributed by atoms with Gasteiger partial charge in [0.1, 0.15) is 23.5 Å². The van der Waals surface area contributed by atoms with Gasteiger partial charge in [-0.1, -0.05) is 18.2 Å². The smallest absolute Gasteiger partial charge is 0.411 e. The molecule has 1 aromatic rings. The third kappa shape index (κ3) is 5.57. The monoisotopic (exact) mass is 524 g/mol. The van der Waals surface area contributed by atoms with Crippen LogP contribution in [0.5, 0.6) is 0 Å². The second-order valence-corrected chi connectivity index (χ2v) is 11.9. The van der Waals surface area contributed by atoms with Gasteiger partial charge in [-0.05, 0) is 75.1 Å². The zero-order valence-electron chi connectivity index (χ0n) is 22.4. The summed E-state index contributed by atoms with van der Waals surface area (Å²) in [4.78, 5) is 30.1. The van der Waals surface area contributed by atoms with E-state index in [1.165, 1.54) is 6.07 Å². The summed E-state index contributed by atoms with van der Waals surface area (Å²) >= 11 is 0. The molecular formula is C29H37FN4O4. The van der Waals surface area contributed by atoms with Crippen molar-refractivity contribution in [2.45, 2.75) is 82.6 Å². The molecule has 0 spiro atoms. The van der Waals surface area contributed by atoms with Gasteiger partial charge in [-0.3, -0.25) is 14.6 Å². The highest BCUT2D eigenvalue weighted by atomic mass is 19.1. The SMILES string of the molecule is CC(C)(C)OC(=O)N1[C@@H]2CC[C@@H](C2)[C@H]1C(=O)N[C@H](C#N)Cc1ccc(C2=CCN3CCOCC3C2)cc1F. The van der Waals surface area contributed by atoms with Crippen molar-refractivity contribution in [2.24, 2.45) is 5.92 Å². The predicted octanol–water partition coefficient (Wildman–Crippen LogP) is 3.65. The van der Waals surface area contributed by atoms with Crippen molar-refractivity contribution in [3.8, 4) is 6.07 Å². The number of nitriles is 1. The molecule has 1 N–H and O–H groups in total. The number of hydrogen-bond donors (Lipinski definition) is 1. The molecule has 2 bridgehead atoms. The molecular weight excluding hydrogens is 487 g/mol. The molecule has 1 unspecified atom stereocenters. The number of rotatable bonds is 5. The normalized spacial score (nSPS) is 27.8. The number of carbonyl (C=O) groups excluding carboxylic acids is 2. The number of hydrogen-bond acceptors (Lipinski definition) is 6. The van der Waals surface area contributed by atoms with Gasteiger partial charge >= 0.3 is 6.09 Å². The number of carbonyl (C=O) groups is 2. The van der Waals surface area contributed by atoms with Gasteiger partial charge in [0.15, 0.2) is 0 Å². The van der Waals surface area contributed by atoms with E-state index in [1.54, 1.807) is 31.7 Å². The van der Waals surface area contributed by atoms with Crippen molar-refractivity contribution < 1.29 is 23.5 Å². The van der Waals surface area contributed by atoms with Crippen LogP contribution in [0.15, 0.2) is 24.3 Å². The number of nitrogens with zero attached hydrogens (tertiary/aromatic N) is 3. The molecule has 1 aliphatic carbocycles. The fourth-order valence-electron chi connectivity index (χ4n) is 6.34. The molecule has 2 amide bonds. The second kappa shape index (κ2) is 10.7. The van der Waals surface area contributed by atoms with E-state index in [9.17, 15) is 14.9 Å². The lowest BCUT2D eigenvalue weighted by Gasteiger charge is -2.38. The molecule has 5 rings (SSSR count). The summed E-state index contributed by atoms with van der Waals surface area (Å²) in [6.07, 6.45) is 4.97. The Bertz CT molecular complexity index is 1160. The molecule has 3 fully saturated rings. The Morgan fingerprint density at radius 3 is 2.84 bits per heavy atom. The van der Waals surface area contributed by atoms with Gasteiger partial charge in [-0.2, -0.15) is 5.26 Å². The van der Waals surface area contributed by atoms with Crippen LogP contribution < -0.4 is 5.32 Å². The fourth-order valence-corrected chi connectivity index (χ4v) is 6.34. The Morgan fingerprint density at radius 2 is 2.11 bits per heavy atom. The van der Waals surface area contributed by atoms with Crippen molar-refractivity contribution in [3.63, 3.8) is 0 Å². The highest BCUT2D eigenvalue weighted by molar-refractivity contribution is 5.87. The van der Waals surface area contributed by atoms with E-state index in [-0.39, 0.29) is 24.3 Å². The minimum atomic E-state index is -0.913. The predicted molar refractivity (Wildman–Crippen MR) is 139 cm³/mol. The van der Waals surface area contributed by atoms with E-state index in [1.807, 2.05) is 6.07 Å². The number of halogens is 1. The molecule has 9 heteroatoms. The van der Waals surface area contributed by atoms with E-state index in [0.717, 1.165) is 56.5 Å². The van der Waals surface area contributed by atoms with Crippen molar-refractivity contribution in [1.82, 2.24) is 15.1 Å². The highest BCUT2D eigenvalue weighted by Crippen LogP contribution is 2.43. The average molecular weight is 525 g/mol. The summed E-state index contributed by atoms with van der Waals surface area (Å²) in [5.41, 5.74) is 1.64. The van der Waals surface area contributed by atoms with E-state index >= 15 is 4.39 Å². The second-order valence-electron chi connectivity index (χ2n) is 11.9. The number of ether oxygens (including phenoxy) is 2. The molecule has 2 saturated heterocycles. The highest BCUT2D eigenvalue weighted by Gasteiger charge is 2.52. The van der Waals surface area contributed by atoms with Gasteiger partial charge in [0.05, 0.1) is 19.3 Å². The molecule has 1 aromatic carbocycles. The largest absolute Gasteiger partial charge is 0.444 e. The van der Waals surface area contributed by atoms with Gasteiger partial charge in [0, 0.05) is 31.6 Å². The lowest BCUT2D eigenvalue weighted by molar-refractivity contribution is -0.128. The molecule has 204 valence electrons. The maximum atomic E-state index is 15.2. The number of amides is 2. The van der Waals surface area contributed by atoms with Crippen molar-refractivity contribution >= 4 is 17.6 Å². The molecule has 3 aliphatic heterocycles. The van der Waals surface area contributed by atoms with Crippen LogP contribution in [0, 0.1) is 23.1 Å². The maximum absolute atomic E-state index is 15.2. The van der Waals surface area contributed by atoms with E-state index < -0.39 is 29.6 Å². The van der Waals surface area contributed by atoms with Crippen molar-refractivity contribution in [2.75, 3.05) is 26.3 Å². The van der Waals surface area contributed by atoms with Gasteiger partial charge in [0.2, 0.25) is 5.91 Å². The van der Waals surface area contributed by atoms with Crippen LogP contribution in [0.25, 0.3) is 5.57 Å². The molecule has 3 heterocycles. The minimum Gasteiger partial charge on any atom is -0.444 e. The molecule has 38 heavy (non-hydrogen) atoms. The fraction of sp³-hybridized carbons (Fsp3) is 0.621. The first kappa shape index (κ1) is 26.6. The summed E-state index contributed by atoms with van der Waals surface area (Å²) in [6, 6.07) is 5.92. The Hall–Kier alpha value is -2.96. The van der Waals surface area contributed by atoms with Crippen molar-refractivity contribution in [3.05, 3.63) is 41.2 Å². The van der Waals surface area contributed by atoms with Crippen LogP contribution in [-0.2, 0) is 20.7 Å². The maximum Gasteiger partial charge on any atom is 0.411 e. The number of nitrogens with one attached hydrogen (secondary N) is 1. The number of piperidine rings is 1. The molecule has 0 radical (unpaired) electrons. The molecule has 1 saturated carbocycles. The zero-order chi connectivity index (χ0) is 27.0. The first-order chi connectivity index (χ1) is 18.1. The summed E-state index contributed by atoms with van der Waals surface area (Å²) in [5.74, 6) is -0.731. The zero-order valence-corrected chi connectivity index (χ0v) is 22.4. The third-order valence-corrected chi connectivity index (χ3v) is 8.16. The number of fused-ring (bicyclic) bond motifs is 3. The summed E-state index contributed by atoms with van der Waals surface area (Å²) in [7, 11) is 0. The van der Waals surface area contributed by atoms with E-state index in [4.69, 9.17) is 9.47 Å². The van der Waals surface area contributed by atoms with Crippen LogP contribution in [0.4, 0.5) is 9.18 Å². The van der Waals surface area contributed by atoms with Gasteiger partial charge in [0.25, 0.3) is 0 Å². The Kier molecular flexibility index (Phi) is 7.47. The first-order valence-electron chi connectivity index (χ1n) is 13.6. The Morgan fingerprint density at radius 1 is 1.29 bits per heavy atom. The van der Waals surface area contributed by atoms with Crippen LogP contribution in [0.2, 0.25) is 0 Å². The summed E-state index contributed by atoms with van der Waals surface area (Å²) < 4.78 is 26.3. The Balaban J connectivity index is 1.24. The van der Waals surface area contributed by atoms with Gasteiger partial charge in [-0.25, -0.2) is 9.18 Å². The van der Waals surface area contributed by atoms with E-state index in [0.29, 0.717) is 18.2 Å². The first-order valence-corrected chi connectivity index (χ1v) is 13.6. The van der Waals surface area contributed by atoms with Crippen LogP contribution in [0.3, 0.4) is 0 Å². The lowest BCUT2D eigenvalue weighted by Crippen LogP contribution is -2.55. The summed E-state index contributed by atoms with van der Waals surface area (Å²) in [6.45, 7) is 8.58. The topological polar surface area (TPSA) is 94.9 Å². The number of morpholine rings is 1. The molecule has 5 atom stereocenters. The molecule has 8 nitrogen and oxygen atoms in total. The number of benzene rings is 1. The third-order valence-electron chi connectivity index (χ3n) is 8.16. The van der Waals surface area contributed by atoms with Crippen LogP contribution >= 0.6 is 0 Å².